The van der Waals surface area contributed by atoms with Crippen LogP contribution in [0.15, 0.2) is 18.2 Å². The monoisotopic (exact) mass is 193 g/mol. The van der Waals surface area contributed by atoms with Gasteiger partial charge in [-0.3, -0.25) is 4.79 Å². The molecule has 3 nitrogen and oxygen atoms in total. The Morgan fingerprint density at radius 1 is 1.50 bits per heavy atom. The molecule has 0 unspecified atom stereocenters. The van der Waals surface area contributed by atoms with Gasteiger partial charge in [-0.2, -0.15) is 0 Å². The summed E-state index contributed by atoms with van der Waals surface area (Å²) in [5.74, 6) is 0.693. The highest BCUT2D eigenvalue weighted by atomic mass is 16.5. The number of anilines is 1. The summed E-state index contributed by atoms with van der Waals surface area (Å²) in [5.41, 5.74) is 1.94. The zero-order valence-corrected chi connectivity index (χ0v) is 8.76. The van der Waals surface area contributed by atoms with Gasteiger partial charge in [0.25, 0.3) is 0 Å². The maximum atomic E-state index is 10.9. The third kappa shape index (κ3) is 2.49. The van der Waals surface area contributed by atoms with E-state index in [0.717, 1.165) is 23.4 Å². The highest BCUT2D eigenvalue weighted by Gasteiger charge is 2.03. The van der Waals surface area contributed by atoms with Crippen LogP contribution < -0.4 is 10.1 Å². The molecule has 0 bridgehead atoms. The predicted octanol–water partition coefficient (Wildman–Crippen LogP) is 2.22. The first-order chi connectivity index (χ1) is 6.67. The quantitative estimate of drug-likeness (QED) is 0.799. The van der Waals surface area contributed by atoms with Gasteiger partial charge >= 0.3 is 0 Å². The van der Waals surface area contributed by atoms with Crippen LogP contribution in [0.2, 0.25) is 0 Å². The van der Waals surface area contributed by atoms with E-state index in [2.05, 4.69) is 5.32 Å². The van der Waals surface area contributed by atoms with Gasteiger partial charge in [0, 0.05) is 18.7 Å². The van der Waals surface area contributed by atoms with Gasteiger partial charge in [0.05, 0.1) is 7.11 Å². The van der Waals surface area contributed by atoms with Gasteiger partial charge in [0.2, 0.25) is 5.91 Å². The average molecular weight is 193 g/mol. The molecule has 0 fully saturated rings. The van der Waals surface area contributed by atoms with Gasteiger partial charge in [-0.1, -0.05) is 13.0 Å². The Balaban J connectivity index is 3.01. The van der Waals surface area contributed by atoms with E-state index in [1.54, 1.807) is 7.11 Å². The van der Waals surface area contributed by atoms with E-state index in [1.807, 2.05) is 25.1 Å². The van der Waals surface area contributed by atoms with Crippen molar-refractivity contribution in [3.63, 3.8) is 0 Å². The Morgan fingerprint density at radius 2 is 2.21 bits per heavy atom. The fourth-order valence-electron chi connectivity index (χ4n) is 1.30. The van der Waals surface area contributed by atoms with Crippen LogP contribution in [-0.2, 0) is 11.2 Å². The van der Waals surface area contributed by atoms with Gasteiger partial charge in [0.1, 0.15) is 5.75 Å². The molecule has 0 heterocycles. The van der Waals surface area contributed by atoms with Crippen molar-refractivity contribution < 1.29 is 9.53 Å². The number of amides is 1. The van der Waals surface area contributed by atoms with Crippen molar-refractivity contribution >= 4 is 11.6 Å². The highest BCUT2D eigenvalue weighted by Crippen LogP contribution is 2.22. The van der Waals surface area contributed by atoms with Gasteiger partial charge in [-0.05, 0) is 18.1 Å². The standard InChI is InChI=1S/C11H15NO2/c1-4-9-5-6-10(14-3)7-11(9)12-8(2)13/h5-7H,4H2,1-3H3,(H,12,13). The smallest absolute Gasteiger partial charge is 0.221 e. The van der Waals surface area contributed by atoms with Crippen molar-refractivity contribution in [2.24, 2.45) is 0 Å². The second kappa shape index (κ2) is 4.65. The van der Waals surface area contributed by atoms with Crippen molar-refractivity contribution in [2.45, 2.75) is 20.3 Å². The van der Waals surface area contributed by atoms with Gasteiger partial charge in [-0.15, -0.1) is 0 Å². The number of ether oxygens (including phenoxy) is 1. The first-order valence-corrected chi connectivity index (χ1v) is 4.62. The molecule has 0 aliphatic carbocycles. The molecule has 1 aromatic carbocycles. The summed E-state index contributed by atoms with van der Waals surface area (Å²) in [6.45, 7) is 3.55. The highest BCUT2D eigenvalue weighted by molar-refractivity contribution is 5.89. The molecule has 76 valence electrons. The Bertz CT molecular complexity index is 334. The zero-order valence-electron chi connectivity index (χ0n) is 8.76. The first-order valence-electron chi connectivity index (χ1n) is 4.62. The van der Waals surface area contributed by atoms with Crippen LogP contribution >= 0.6 is 0 Å². The third-order valence-corrected chi connectivity index (χ3v) is 2.01. The number of carbonyl (C=O) groups is 1. The molecular weight excluding hydrogens is 178 g/mol. The van der Waals surface area contributed by atoms with Crippen molar-refractivity contribution in [2.75, 3.05) is 12.4 Å². The molecule has 0 aliphatic rings. The summed E-state index contributed by atoms with van der Waals surface area (Å²) in [7, 11) is 1.61. The SMILES string of the molecule is CCc1ccc(OC)cc1NC(C)=O. The second-order valence-electron chi connectivity index (χ2n) is 3.06. The fourth-order valence-corrected chi connectivity index (χ4v) is 1.30. The largest absolute Gasteiger partial charge is 0.497 e. The third-order valence-electron chi connectivity index (χ3n) is 2.01. The molecule has 0 aromatic heterocycles. The van der Waals surface area contributed by atoms with E-state index in [9.17, 15) is 4.79 Å². The van der Waals surface area contributed by atoms with E-state index < -0.39 is 0 Å². The fraction of sp³-hybridized carbons (Fsp3) is 0.364. The predicted molar refractivity (Wildman–Crippen MR) is 56.7 cm³/mol. The Morgan fingerprint density at radius 3 is 2.71 bits per heavy atom. The summed E-state index contributed by atoms with van der Waals surface area (Å²) in [4.78, 5) is 10.9. The van der Waals surface area contributed by atoms with Crippen LogP contribution in [0.3, 0.4) is 0 Å². The Hall–Kier alpha value is -1.51. The first kappa shape index (κ1) is 10.6. The van der Waals surface area contributed by atoms with E-state index in [1.165, 1.54) is 6.92 Å². The summed E-state index contributed by atoms with van der Waals surface area (Å²) in [5, 5.41) is 2.78. The molecule has 0 aliphatic heterocycles. The molecule has 3 heteroatoms. The van der Waals surface area contributed by atoms with E-state index in [4.69, 9.17) is 4.74 Å². The number of aryl methyl sites for hydroxylation is 1. The Labute approximate surface area is 84.1 Å². The molecule has 1 N–H and O–H groups in total. The van der Waals surface area contributed by atoms with Crippen LogP contribution in [-0.4, -0.2) is 13.0 Å². The lowest BCUT2D eigenvalue weighted by molar-refractivity contribution is -0.114. The Kier molecular flexibility index (Phi) is 3.51. The minimum Gasteiger partial charge on any atom is -0.497 e. The minimum absolute atomic E-state index is 0.0621. The lowest BCUT2D eigenvalue weighted by atomic mass is 10.1. The molecule has 1 amide bonds. The summed E-state index contributed by atoms with van der Waals surface area (Å²) >= 11 is 0. The van der Waals surface area contributed by atoms with Gasteiger partial charge in [-0.25, -0.2) is 0 Å². The van der Waals surface area contributed by atoms with Gasteiger partial charge in [0.15, 0.2) is 0 Å². The lowest BCUT2D eigenvalue weighted by Gasteiger charge is -2.09. The van der Waals surface area contributed by atoms with Crippen molar-refractivity contribution in [3.05, 3.63) is 23.8 Å². The number of hydrogen-bond acceptors (Lipinski definition) is 2. The number of nitrogens with one attached hydrogen (secondary N) is 1. The minimum atomic E-state index is -0.0621. The number of methoxy groups -OCH3 is 1. The number of hydrogen-bond donors (Lipinski definition) is 1. The van der Waals surface area contributed by atoms with E-state index in [-0.39, 0.29) is 5.91 Å². The molecule has 0 saturated carbocycles. The number of benzene rings is 1. The van der Waals surface area contributed by atoms with Crippen molar-refractivity contribution in [3.8, 4) is 5.75 Å². The van der Waals surface area contributed by atoms with Crippen LogP contribution in [0, 0.1) is 0 Å². The molecule has 0 radical (unpaired) electrons. The molecule has 0 saturated heterocycles. The van der Waals surface area contributed by atoms with Crippen LogP contribution in [0.25, 0.3) is 0 Å². The van der Waals surface area contributed by atoms with Gasteiger partial charge < -0.3 is 10.1 Å². The topological polar surface area (TPSA) is 38.3 Å². The molecule has 0 spiro atoms. The molecule has 0 atom stereocenters. The maximum Gasteiger partial charge on any atom is 0.221 e. The van der Waals surface area contributed by atoms with Crippen molar-refractivity contribution in [1.29, 1.82) is 0 Å². The molecule has 1 aromatic rings. The number of rotatable bonds is 3. The summed E-state index contributed by atoms with van der Waals surface area (Å²) < 4.78 is 5.08. The molecular formula is C11H15NO2. The summed E-state index contributed by atoms with van der Waals surface area (Å²) in [6, 6.07) is 5.69. The summed E-state index contributed by atoms with van der Waals surface area (Å²) in [6.07, 6.45) is 0.888. The molecule has 1 rings (SSSR count). The van der Waals surface area contributed by atoms with Crippen LogP contribution in [0.1, 0.15) is 19.4 Å². The van der Waals surface area contributed by atoms with E-state index in [0.29, 0.717) is 0 Å². The maximum absolute atomic E-state index is 10.9. The van der Waals surface area contributed by atoms with E-state index >= 15 is 0 Å². The average Bonchev–Trinajstić information content (AvgIpc) is 2.16. The van der Waals surface area contributed by atoms with Crippen LogP contribution in [0.4, 0.5) is 5.69 Å². The normalized spacial score (nSPS) is 9.64. The lowest BCUT2D eigenvalue weighted by Crippen LogP contribution is -2.08. The zero-order chi connectivity index (χ0) is 10.6. The van der Waals surface area contributed by atoms with Crippen LogP contribution in [0.5, 0.6) is 5.75 Å². The molecule has 14 heavy (non-hydrogen) atoms. The second-order valence-corrected chi connectivity index (χ2v) is 3.06. The van der Waals surface area contributed by atoms with Crippen molar-refractivity contribution in [1.82, 2.24) is 0 Å². The number of carbonyl (C=O) groups excluding carboxylic acids is 1.